The molecule has 0 radical (unpaired) electrons. The Morgan fingerprint density at radius 2 is 2.44 bits per heavy atom. The van der Waals surface area contributed by atoms with Gasteiger partial charge in [-0.2, -0.15) is 0 Å². The molecular formula is C6H4N2O. The summed E-state index contributed by atoms with van der Waals surface area (Å²) in [5.41, 5.74) is 0. The highest BCUT2D eigenvalue weighted by Gasteiger charge is 2.12. The predicted octanol–water partition coefficient (Wildman–Crippen LogP) is 0.550. The quantitative estimate of drug-likeness (QED) is 0.501. The van der Waals surface area contributed by atoms with E-state index < -0.39 is 0 Å². The average molecular weight is 120 g/mol. The number of hydrogen-bond acceptors (Lipinski definition) is 2. The van der Waals surface area contributed by atoms with Gasteiger partial charge in [0.2, 0.25) is 5.78 Å². The second kappa shape index (κ2) is 1.31. The van der Waals surface area contributed by atoms with E-state index >= 15 is 0 Å². The van der Waals surface area contributed by atoms with Crippen molar-refractivity contribution in [2.75, 3.05) is 0 Å². The summed E-state index contributed by atoms with van der Waals surface area (Å²) in [6.45, 7) is 0. The summed E-state index contributed by atoms with van der Waals surface area (Å²) in [7, 11) is 0. The van der Waals surface area contributed by atoms with Crippen LogP contribution in [0.1, 0.15) is 10.6 Å². The second-order valence-corrected chi connectivity index (χ2v) is 1.84. The summed E-state index contributed by atoms with van der Waals surface area (Å²) in [6.07, 6.45) is 6.56. The van der Waals surface area contributed by atoms with E-state index in [4.69, 9.17) is 0 Å². The van der Waals surface area contributed by atoms with Crippen LogP contribution in [0.15, 0.2) is 18.5 Å². The Morgan fingerprint density at radius 3 is 3.22 bits per heavy atom. The van der Waals surface area contributed by atoms with Crippen LogP contribution in [0.3, 0.4) is 0 Å². The number of hydrogen-bond donors (Lipinski definition) is 0. The summed E-state index contributed by atoms with van der Waals surface area (Å²) in [5, 5.41) is 0. The first-order chi connectivity index (χ1) is 4.38. The summed E-state index contributed by atoms with van der Waals surface area (Å²) < 4.78 is 1.70. The molecule has 9 heavy (non-hydrogen) atoms. The topological polar surface area (TPSA) is 34.9 Å². The van der Waals surface area contributed by atoms with Crippen molar-refractivity contribution in [1.29, 1.82) is 0 Å². The fourth-order valence-corrected chi connectivity index (χ4v) is 0.847. The first-order valence-electron chi connectivity index (χ1n) is 2.63. The molecule has 0 spiro atoms. The number of nitrogens with zero attached hydrogens (tertiary/aromatic N) is 2. The summed E-state index contributed by atoms with van der Waals surface area (Å²) in [5.74, 6) is 0.495. The Balaban J connectivity index is 2.73. The lowest BCUT2D eigenvalue weighted by Gasteiger charge is -1.84. The van der Waals surface area contributed by atoms with Crippen LogP contribution in [0.2, 0.25) is 0 Å². The van der Waals surface area contributed by atoms with Crippen LogP contribution in [0.5, 0.6) is 0 Å². The molecule has 44 valence electrons. The summed E-state index contributed by atoms with van der Waals surface area (Å²) in [6, 6.07) is 0. The van der Waals surface area contributed by atoms with E-state index in [-0.39, 0.29) is 5.78 Å². The molecule has 0 atom stereocenters. The van der Waals surface area contributed by atoms with Crippen molar-refractivity contribution in [3.63, 3.8) is 0 Å². The molecule has 0 saturated carbocycles. The molecule has 0 fully saturated rings. The van der Waals surface area contributed by atoms with Crippen LogP contribution in [-0.2, 0) is 0 Å². The number of aromatic nitrogens is 2. The average Bonchev–Trinajstić information content (AvgIpc) is 2.35. The fourth-order valence-electron chi connectivity index (χ4n) is 0.847. The van der Waals surface area contributed by atoms with Crippen LogP contribution in [0, 0.1) is 0 Å². The SMILES string of the molecule is O=C1C=Cn2ccnc21. The Labute approximate surface area is 51.6 Å². The molecular weight excluding hydrogens is 116 g/mol. The maximum atomic E-state index is 10.8. The lowest BCUT2D eigenvalue weighted by atomic mass is 10.4. The lowest BCUT2D eigenvalue weighted by molar-refractivity contribution is 0.104. The molecule has 1 aromatic rings. The Bertz CT molecular complexity index is 285. The summed E-state index contributed by atoms with van der Waals surface area (Å²) >= 11 is 0. The van der Waals surface area contributed by atoms with Crippen molar-refractivity contribution in [3.8, 4) is 0 Å². The first kappa shape index (κ1) is 4.49. The van der Waals surface area contributed by atoms with Crippen molar-refractivity contribution in [3.05, 3.63) is 24.3 Å². The van der Waals surface area contributed by atoms with E-state index in [0.29, 0.717) is 5.82 Å². The molecule has 0 N–H and O–H groups in total. The smallest absolute Gasteiger partial charge is 0.223 e. The van der Waals surface area contributed by atoms with Gasteiger partial charge in [0.15, 0.2) is 5.82 Å². The number of allylic oxidation sites excluding steroid dienone is 1. The van der Waals surface area contributed by atoms with E-state index in [1.165, 1.54) is 6.08 Å². The van der Waals surface area contributed by atoms with Crippen LogP contribution in [0.25, 0.3) is 6.20 Å². The predicted molar refractivity (Wildman–Crippen MR) is 31.9 cm³/mol. The molecule has 0 amide bonds. The molecule has 3 heteroatoms. The van der Waals surface area contributed by atoms with E-state index in [1.807, 2.05) is 0 Å². The molecule has 1 aliphatic heterocycles. The molecule has 1 aromatic heterocycles. The molecule has 1 aliphatic rings. The molecule has 0 aromatic carbocycles. The van der Waals surface area contributed by atoms with Gasteiger partial charge >= 0.3 is 0 Å². The third-order valence-corrected chi connectivity index (χ3v) is 1.28. The van der Waals surface area contributed by atoms with Gasteiger partial charge in [0.05, 0.1) is 0 Å². The zero-order valence-electron chi connectivity index (χ0n) is 4.61. The van der Waals surface area contributed by atoms with E-state index in [9.17, 15) is 4.79 Å². The highest BCUT2D eigenvalue weighted by atomic mass is 16.1. The Morgan fingerprint density at radius 1 is 1.56 bits per heavy atom. The van der Waals surface area contributed by atoms with Gasteiger partial charge in [0, 0.05) is 24.7 Å². The van der Waals surface area contributed by atoms with Gasteiger partial charge < -0.3 is 4.57 Å². The van der Waals surface area contributed by atoms with Gasteiger partial charge in [-0.1, -0.05) is 0 Å². The fraction of sp³-hybridized carbons (Fsp3) is 0. The standard InChI is InChI=1S/C6H4N2O/c9-5-1-3-8-4-2-7-6(5)8/h1-4H. The van der Waals surface area contributed by atoms with Gasteiger partial charge in [-0.3, -0.25) is 4.79 Å². The normalized spacial score (nSPS) is 14.4. The molecule has 0 saturated heterocycles. The molecule has 3 nitrogen and oxygen atoms in total. The minimum atomic E-state index is -0.0139. The minimum absolute atomic E-state index is 0.0139. The van der Waals surface area contributed by atoms with E-state index in [1.54, 1.807) is 23.2 Å². The van der Waals surface area contributed by atoms with Gasteiger partial charge in [0.25, 0.3) is 0 Å². The number of imidazole rings is 1. The van der Waals surface area contributed by atoms with Gasteiger partial charge in [-0.05, 0) is 0 Å². The number of fused-ring (bicyclic) bond motifs is 1. The molecule has 0 unspecified atom stereocenters. The Kier molecular flexibility index (Phi) is 0.656. The van der Waals surface area contributed by atoms with Gasteiger partial charge in [-0.15, -0.1) is 0 Å². The molecule has 2 rings (SSSR count). The number of rotatable bonds is 0. The zero-order valence-corrected chi connectivity index (χ0v) is 4.61. The zero-order chi connectivity index (χ0) is 6.27. The highest BCUT2D eigenvalue weighted by Crippen LogP contribution is 2.06. The van der Waals surface area contributed by atoms with Crippen LogP contribution in [0.4, 0.5) is 0 Å². The minimum Gasteiger partial charge on any atom is -0.304 e. The molecule has 0 bridgehead atoms. The number of carbonyl (C=O) groups excluding carboxylic acids is 1. The van der Waals surface area contributed by atoms with Crippen molar-refractivity contribution < 1.29 is 4.79 Å². The van der Waals surface area contributed by atoms with Crippen molar-refractivity contribution >= 4 is 12.0 Å². The largest absolute Gasteiger partial charge is 0.304 e. The second-order valence-electron chi connectivity index (χ2n) is 1.84. The van der Waals surface area contributed by atoms with Crippen molar-refractivity contribution in [2.45, 2.75) is 0 Å². The van der Waals surface area contributed by atoms with Crippen LogP contribution in [-0.4, -0.2) is 15.3 Å². The van der Waals surface area contributed by atoms with Gasteiger partial charge in [0.1, 0.15) is 0 Å². The van der Waals surface area contributed by atoms with Gasteiger partial charge in [-0.25, -0.2) is 4.98 Å². The van der Waals surface area contributed by atoms with Crippen LogP contribution < -0.4 is 0 Å². The maximum Gasteiger partial charge on any atom is 0.223 e. The maximum absolute atomic E-state index is 10.8. The first-order valence-corrected chi connectivity index (χ1v) is 2.63. The Hall–Kier alpha value is -1.38. The number of ketones is 1. The van der Waals surface area contributed by atoms with Crippen molar-refractivity contribution in [1.82, 2.24) is 9.55 Å². The molecule has 2 heterocycles. The van der Waals surface area contributed by atoms with Crippen LogP contribution >= 0.6 is 0 Å². The monoisotopic (exact) mass is 120 g/mol. The van der Waals surface area contributed by atoms with E-state index in [0.717, 1.165) is 0 Å². The van der Waals surface area contributed by atoms with E-state index in [2.05, 4.69) is 4.98 Å². The lowest BCUT2D eigenvalue weighted by Crippen LogP contribution is -1.94. The third kappa shape index (κ3) is 0.455. The highest BCUT2D eigenvalue weighted by molar-refractivity contribution is 6.06. The molecule has 0 aliphatic carbocycles. The third-order valence-electron chi connectivity index (χ3n) is 1.28. The number of carbonyl (C=O) groups is 1. The van der Waals surface area contributed by atoms with Crippen molar-refractivity contribution in [2.24, 2.45) is 0 Å². The summed E-state index contributed by atoms with van der Waals surface area (Å²) in [4.78, 5) is 14.6.